The highest BCUT2D eigenvalue weighted by Crippen LogP contribution is 2.22. The lowest BCUT2D eigenvalue weighted by Crippen LogP contribution is -2.11. The smallest absolute Gasteiger partial charge is 0.124 e. The van der Waals surface area contributed by atoms with E-state index >= 15 is 0 Å². The molecule has 0 aromatic heterocycles. The molecule has 0 heterocycles. The van der Waals surface area contributed by atoms with Gasteiger partial charge in [0.25, 0.3) is 0 Å². The van der Waals surface area contributed by atoms with Crippen molar-refractivity contribution >= 4 is 23.2 Å². The fourth-order valence-corrected chi connectivity index (χ4v) is 1.54. The quantitative estimate of drug-likeness (QED) is 0.685. The van der Waals surface area contributed by atoms with Crippen molar-refractivity contribution < 1.29 is 4.39 Å². The Balaban J connectivity index is 2.77. The number of benzene rings is 1. The summed E-state index contributed by atoms with van der Waals surface area (Å²) >= 11 is 12.0. The second kappa shape index (κ2) is 4.99. The van der Waals surface area contributed by atoms with Crippen molar-refractivity contribution in [2.75, 3.05) is 0 Å². The minimum Gasteiger partial charge on any atom is -0.207 e. The number of alkyl halides is 1. The molecule has 1 aromatic carbocycles. The molecule has 0 bridgehead atoms. The topological polar surface area (TPSA) is 0 Å². The Morgan fingerprint density at radius 3 is 2.50 bits per heavy atom. The average molecular weight is 235 g/mol. The van der Waals surface area contributed by atoms with Crippen LogP contribution in [0.4, 0.5) is 4.39 Å². The maximum atomic E-state index is 12.7. The molecule has 0 aliphatic heterocycles. The molecule has 0 fully saturated rings. The van der Waals surface area contributed by atoms with Crippen LogP contribution in [0.5, 0.6) is 0 Å². The Labute approximate surface area is 94.0 Å². The Morgan fingerprint density at radius 1 is 1.36 bits per heavy atom. The van der Waals surface area contributed by atoms with Gasteiger partial charge >= 0.3 is 0 Å². The van der Waals surface area contributed by atoms with Crippen molar-refractivity contribution in [3.63, 3.8) is 0 Å². The van der Waals surface area contributed by atoms with Crippen molar-refractivity contribution in [2.24, 2.45) is 5.92 Å². The third-order valence-electron chi connectivity index (χ3n) is 2.15. The first kappa shape index (κ1) is 11.8. The van der Waals surface area contributed by atoms with Gasteiger partial charge in [0.1, 0.15) is 5.82 Å². The van der Waals surface area contributed by atoms with Crippen LogP contribution in [0.25, 0.3) is 0 Å². The Hall–Kier alpha value is -0.270. The van der Waals surface area contributed by atoms with E-state index in [0.717, 1.165) is 5.56 Å². The zero-order valence-electron chi connectivity index (χ0n) is 8.23. The van der Waals surface area contributed by atoms with Crippen LogP contribution in [0.1, 0.15) is 19.4 Å². The predicted octanol–water partition coefficient (Wildman–Crippen LogP) is 4.29. The molecular weight excluding hydrogens is 222 g/mol. The Morgan fingerprint density at radius 2 is 2.00 bits per heavy atom. The van der Waals surface area contributed by atoms with Crippen LogP contribution in [0.15, 0.2) is 18.2 Å². The van der Waals surface area contributed by atoms with Crippen molar-refractivity contribution in [2.45, 2.75) is 25.6 Å². The van der Waals surface area contributed by atoms with E-state index in [4.69, 9.17) is 23.2 Å². The maximum absolute atomic E-state index is 12.7. The van der Waals surface area contributed by atoms with E-state index in [1.807, 2.05) is 0 Å². The molecule has 0 aliphatic carbocycles. The van der Waals surface area contributed by atoms with Gasteiger partial charge in [-0.15, -0.1) is 11.6 Å². The van der Waals surface area contributed by atoms with Crippen LogP contribution in [0.2, 0.25) is 5.02 Å². The minimum atomic E-state index is -0.311. The SMILES string of the molecule is CC(C)C(Cl)Cc1ccc(F)cc1Cl. The summed E-state index contributed by atoms with van der Waals surface area (Å²) in [6.45, 7) is 4.10. The zero-order valence-corrected chi connectivity index (χ0v) is 9.74. The standard InChI is InChI=1S/C11H13Cl2F/c1-7(2)10(12)5-8-3-4-9(14)6-11(8)13/h3-4,6-7,10H,5H2,1-2H3. The van der Waals surface area contributed by atoms with Crippen molar-refractivity contribution in [1.29, 1.82) is 0 Å². The molecule has 1 aromatic rings. The lowest BCUT2D eigenvalue weighted by Gasteiger charge is -2.13. The fourth-order valence-electron chi connectivity index (χ4n) is 1.13. The van der Waals surface area contributed by atoms with Gasteiger partial charge in [0, 0.05) is 10.4 Å². The molecule has 0 radical (unpaired) electrons. The zero-order chi connectivity index (χ0) is 10.7. The van der Waals surface area contributed by atoms with Crippen LogP contribution < -0.4 is 0 Å². The summed E-state index contributed by atoms with van der Waals surface area (Å²) in [6, 6.07) is 4.42. The van der Waals surface area contributed by atoms with Crippen LogP contribution >= 0.6 is 23.2 Å². The highest BCUT2D eigenvalue weighted by atomic mass is 35.5. The number of rotatable bonds is 3. The van der Waals surface area contributed by atoms with E-state index in [9.17, 15) is 4.39 Å². The van der Waals surface area contributed by atoms with E-state index in [1.54, 1.807) is 6.07 Å². The largest absolute Gasteiger partial charge is 0.207 e. The van der Waals surface area contributed by atoms with Gasteiger partial charge in [-0.25, -0.2) is 4.39 Å². The molecule has 14 heavy (non-hydrogen) atoms. The molecule has 78 valence electrons. The fraction of sp³-hybridized carbons (Fsp3) is 0.455. The van der Waals surface area contributed by atoms with Crippen molar-refractivity contribution in [1.82, 2.24) is 0 Å². The van der Waals surface area contributed by atoms with E-state index in [0.29, 0.717) is 17.4 Å². The summed E-state index contributed by atoms with van der Waals surface area (Å²) in [4.78, 5) is 0. The lowest BCUT2D eigenvalue weighted by molar-refractivity contribution is 0.594. The van der Waals surface area contributed by atoms with Gasteiger partial charge in [-0.1, -0.05) is 31.5 Å². The van der Waals surface area contributed by atoms with Crippen LogP contribution in [0.3, 0.4) is 0 Å². The molecule has 1 unspecified atom stereocenters. The summed E-state index contributed by atoms with van der Waals surface area (Å²) in [5.74, 6) is 0.0761. The molecular formula is C11H13Cl2F. The van der Waals surface area contributed by atoms with Crippen molar-refractivity contribution in [3.8, 4) is 0 Å². The van der Waals surface area contributed by atoms with E-state index < -0.39 is 0 Å². The van der Waals surface area contributed by atoms with Crippen LogP contribution in [0, 0.1) is 11.7 Å². The first-order valence-electron chi connectivity index (χ1n) is 4.58. The summed E-state index contributed by atoms with van der Waals surface area (Å²) < 4.78 is 12.7. The summed E-state index contributed by atoms with van der Waals surface area (Å²) in [5, 5.41) is 0.495. The second-order valence-electron chi connectivity index (χ2n) is 3.70. The van der Waals surface area contributed by atoms with Gasteiger partial charge in [0.2, 0.25) is 0 Å². The third-order valence-corrected chi connectivity index (χ3v) is 3.16. The average Bonchev–Trinajstić information content (AvgIpc) is 2.09. The number of hydrogen-bond acceptors (Lipinski definition) is 0. The van der Waals surface area contributed by atoms with Gasteiger partial charge in [0.05, 0.1) is 0 Å². The summed E-state index contributed by atoms with van der Waals surface area (Å²) in [6.07, 6.45) is 0.679. The van der Waals surface area contributed by atoms with E-state index in [-0.39, 0.29) is 11.2 Å². The van der Waals surface area contributed by atoms with Crippen LogP contribution in [-0.4, -0.2) is 5.38 Å². The molecule has 1 atom stereocenters. The van der Waals surface area contributed by atoms with Gasteiger partial charge < -0.3 is 0 Å². The Kier molecular flexibility index (Phi) is 4.21. The monoisotopic (exact) mass is 234 g/mol. The molecule has 0 spiro atoms. The van der Waals surface area contributed by atoms with E-state index in [2.05, 4.69) is 13.8 Å². The normalized spacial score (nSPS) is 13.3. The molecule has 0 aliphatic rings. The van der Waals surface area contributed by atoms with Gasteiger partial charge in [-0.05, 0) is 30.0 Å². The molecule has 0 nitrogen and oxygen atoms in total. The molecule has 1 rings (SSSR count). The van der Waals surface area contributed by atoms with Crippen LogP contribution in [-0.2, 0) is 6.42 Å². The first-order chi connectivity index (χ1) is 6.50. The van der Waals surface area contributed by atoms with Gasteiger partial charge in [-0.3, -0.25) is 0 Å². The molecule has 0 saturated heterocycles. The summed E-state index contributed by atoms with van der Waals surface area (Å²) in [5.41, 5.74) is 0.904. The first-order valence-corrected chi connectivity index (χ1v) is 5.40. The highest BCUT2D eigenvalue weighted by molar-refractivity contribution is 6.31. The molecule has 3 heteroatoms. The minimum absolute atomic E-state index is 0.0398. The molecule has 0 N–H and O–H groups in total. The number of halogens is 3. The van der Waals surface area contributed by atoms with E-state index in [1.165, 1.54) is 12.1 Å². The lowest BCUT2D eigenvalue weighted by atomic mass is 10.0. The summed E-state index contributed by atoms with van der Waals surface area (Å²) in [7, 11) is 0. The highest BCUT2D eigenvalue weighted by Gasteiger charge is 2.12. The predicted molar refractivity (Wildman–Crippen MR) is 59.6 cm³/mol. The van der Waals surface area contributed by atoms with Gasteiger partial charge in [0.15, 0.2) is 0 Å². The molecule has 0 amide bonds. The third kappa shape index (κ3) is 3.14. The second-order valence-corrected chi connectivity index (χ2v) is 4.67. The van der Waals surface area contributed by atoms with Crippen molar-refractivity contribution in [3.05, 3.63) is 34.6 Å². The maximum Gasteiger partial charge on any atom is 0.124 e. The number of hydrogen-bond donors (Lipinski definition) is 0. The van der Waals surface area contributed by atoms with Gasteiger partial charge in [-0.2, -0.15) is 0 Å². The molecule has 0 saturated carbocycles. The Bertz CT molecular complexity index is 310.